The molecule has 0 atom stereocenters. The minimum atomic E-state index is -0.389. The van der Waals surface area contributed by atoms with Crippen molar-refractivity contribution < 1.29 is 4.92 Å². The van der Waals surface area contributed by atoms with Crippen LogP contribution in [0, 0.1) is 17.0 Å². The number of aryl methyl sites for hydroxylation is 1. The molecule has 5 nitrogen and oxygen atoms in total. The van der Waals surface area contributed by atoms with E-state index >= 15 is 0 Å². The van der Waals surface area contributed by atoms with E-state index in [2.05, 4.69) is 10.3 Å². The van der Waals surface area contributed by atoms with Crippen molar-refractivity contribution in [1.29, 1.82) is 0 Å². The lowest BCUT2D eigenvalue weighted by Gasteiger charge is -2.05. The molecule has 0 aliphatic carbocycles. The predicted molar refractivity (Wildman–Crippen MR) is 72.3 cm³/mol. The van der Waals surface area contributed by atoms with Gasteiger partial charge in [-0.2, -0.15) is 0 Å². The first-order valence-electron chi connectivity index (χ1n) is 5.15. The molecule has 0 aliphatic rings. The van der Waals surface area contributed by atoms with Crippen molar-refractivity contribution in [2.75, 3.05) is 5.32 Å². The largest absolute Gasteiger partial charge is 0.379 e. The Bertz CT molecular complexity index is 585. The van der Waals surface area contributed by atoms with Gasteiger partial charge in [-0.05, 0) is 19.1 Å². The quantitative estimate of drug-likeness (QED) is 0.687. The smallest absolute Gasteiger partial charge is 0.272 e. The van der Waals surface area contributed by atoms with Gasteiger partial charge >= 0.3 is 0 Å². The molecule has 1 aromatic heterocycles. The third kappa shape index (κ3) is 2.96. The maximum atomic E-state index is 10.7. The second kappa shape index (κ2) is 5.32. The van der Waals surface area contributed by atoms with Crippen molar-refractivity contribution in [3.8, 4) is 0 Å². The van der Waals surface area contributed by atoms with Gasteiger partial charge in [0.2, 0.25) is 0 Å². The predicted octanol–water partition coefficient (Wildman–Crippen LogP) is 3.63. The highest BCUT2D eigenvalue weighted by molar-refractivity contribution is 7.15. The molecule has 0 saturated carbocycles. The zero-order valence-electron chi connectivity index (χ0n) is 9.51. The molecule has 0 unspecified atom stereocenters. The Morgan fingerprint density at radius 2 is 2.33 bits per heavy atom. The van der Waals surface area contributed by atoms with Gasteiger partial charge in [-0.1, -0.05) is 11.6 Å². The molecule has 1 heterocycles. The summed E-state index contributed by atoms with van der Waals surface area (Å²) in [5.74, 6) is 0. The van der Waals surface area contributed by atoms with Crippen molar-refractivity contribution in [1.82, 2.24) is 4.98 Å². The Morgan fingerprint density at radius 1 is 1.56 bits per heavy atom. The molecule has 0 aliphatic heterocycles. The van der Waals surface area contributed by atoms with Crippen molar-refractivity contribution in [2.45, 2.75) is 13.5 Å². The van der Waals surface area contributed by atoms with Gasteiger partial charge in [0, 0.05) is 17.3 Å². The molecule has 1 N–H and O–H groups in total. The summed E-state index contributed by atoms with van der Waals surface area (Å²) in [5, 5.41) is 14.7. The van der Waals surface area contributed by atoms with Gasteiger partial charge in [0.05, 0.1) is 17.7 Å². The first kappa shape index (κ1) is 12.8. The van der Waals surface area contributed by atoms with Gasteiger partial charge in [-0.15, -0.1) is 11.3 Å². The summed E-state index contributed by atoms with van der Waals surface area (Å²) in [6, 6.07) is 4.92. The zero-order valence-corrected chi connectivity index (χ0v) is 11.1. The molecular formula is C11H10ClN3O2S. The third-order valence-electron chi connectivity index (χ3n) is 2.36. The number of benzene rings is 1. The van der Waals surface area contributed by atoms with Crippen LogP contribution in [0.25, 0.3) is 0 Å². The fraction of sp³-hybridized carbons (Fsp3) is 0.182. The van der Waals surface area contributed by atoms with Crippen molar-refractivity contribution in [3.05, 3.63) is 49.4 Å². The molecule has 2 aromatic rings. The fourth-order valence-electron chi connectivity index (χ4n) is 1.52. The van der Waals surface area contributed by atoms with Crippen LogP contribution in [0.1, 0.15) is 10.6 Å². The number of nitrogens with one attached hydrogen (secondary N) is 1. The van der Waals surface area contributed by atoms with Gasteiger partial charge in [0.25, 0.3) is 5.69 Å². The Balaban J connectivity index is 2.06. The molecular weight excluding hydrogens is 274 g/mol. The second-order valence-electron chi connectivity index (χ2n) is 3.67. The van der Waals surface area contributed by atoms with E-state index in [1.54, 1.807) is 25.3 Å². The average Bonchev–Trinajstić information content (AvgIpc) is 2.72. The first-order chi connectivity index (χ1) is 8.56. The zero-order chi connectivity index (χ0) is 13.1. The molecule has 0 bridgehead atoms. The normalized spacial score (nSPS) is 10.3. The Labute approximate surface area is 113 Å². The van der Waals surface area contributed by atoms with Crippen molar-refractivity contribution >= 4 is 34.3 Å². The number of nitrogens with zero attached hydrogens (tertiary/aromatic N) is 2. The van der Waals surface area contributed by atoms with Crippen molar-refractivity contribution in [3.63, 3.8) is 0 Å². The summed E-state index contributed by atoms with van der Waals surface area (Å²) < 4.78 is 0.645. The minimum Gasteiger partial charge on any atom is -0.379 e. The van der Waals surface area contributed by atoms with Crippen LogP contribution in [-0.2, 0) is 6.54 Å². The monoisotopic (exact) mass is 283 g/mol. The van der Waals surface area contributed by atoms with E-state index in [0.717, 1.165) is 10.7 Å². The van der Waals surface area contributed by atoms with E-state index in [1.807, 2.05) is 0 Å². The summed E-state index contributed by atoms with van der Waals surface area (Å²) in [7, 11) is 0. The van der Waals surface area contributed by atoms with Crippen LogP contribution in [0.4, 0.5) is 11.4 Å². The number of hydrogen-bond donors (Lipinski definition) is 1. The summed E-state index contributed by atoms with van der Waals surface area (Å²) in [6.07, 6.45) is 1.60. The van der Waals surface area contributed by atoms with E-state index in [1.165, 1.54) is 17.4 Å². The number of halogens is 1. The standard InChI is InChI=1S/C11H10ClN3O2S/c1-7-4-8(2-3-9(7)15(16)17)13-6-11-14-5-10(12)18-11/h2-5,13H,6H2,1H3. The molecule has 18 heavy (non-hydrogen) atoms. The number of hydrogen-bond acceptors (Lipinski definition) is 5. The molecule has 1 aromatic carbocycles. The summed E-state index contributed by atoms with van der Waals surface area (Å²) in [4.78, 5) is 14.4. The van der Waals surface area contributed by atoms with Gasteiger partial charge in [-0.3, -0.25) is 10.1 Å². The lowest BCUT2D eigenvalue weighted by molar-refractivity contribution is -0.385. The maximum Gasteiger partial charge on any atom is 0.272 e. The topological polar surface area (TPSA) is 68.1 Å². The highest BCUT2D eigenvalue weighted by atomic mass is 35.5. The SMILES string of the molecule is Cc1cc(NCc2ncc(Cl)s2)ccc1[N+](=O)[O-]. The van der Waals surface area contributed by atoms with Crippen LogP contribution in [0.2, 0.25) is 4.34 Å². The molecule has 0 radical (unpaired) electrons. The van der Waals surface area contributed by atoms with E-state index < -0.39 is 0 Å². The number of rotatable bonds is 4. The van der Waals surface area contributed by atoms with Crippen LogP contribution in [-0.4, -0.2) is 9.91 Å². The summed E-state index contributed by atoms with van der Waals surface area (Å²) in [6.45, 7) is 2.26. The molecule has 0 spiro atoms. The lowest BCUT2D eigenvalue weighted by Crippen LogP contribution is -2.00. The molecule has 0 amide bonds. The Kier molecular flexibility index (Phi) is 3.78. The van der Waals surface area contributed by atoms with Crippen LogP contribution in [0.15, 0.2) is 24.4 Å². The summed E-state index contributed by atoms with van der Waals surface area (Å²) in [5.41, 5.74) is 1.57. The first-order valence-corrected chi connectivity index (χ1v) is 6.35. The highest BCUT2D eigenvalue weighted by Gasteiger charge is 2.10. The van der Waals surface area contributed by atoms with E-state index in [9.17, 15) is 10.1 Å². The molecule has 0 saturated heterocycles. The molecule has 7 heteroatoms. The lowest BCUT2D eigenvalue weighted by atomic mass is 10.2. The van der Waals surface area contributed by atoms with E-state index in [-0.39, 0.29) is 10.6 Å². The number of anilines is 1. The maximum absolute atomic E-state index is 10.7. The Morgan fingerprint density at radius 3 is 2.89 bits per heavy atom. The van der Waals surface area contributed by atoms with Crippen LogP contribution < -0.4 is 5.32 Å². The van der Waals surface area contributed by atoms with Crippen molar-refractivity contribution in [2.24, 2.45) is 0 Å². The Hall–Kier alpha value is -1.66. The molecule has 94 valence electrons. The van der Waals surface area contributed by atoms with E-state index in [4.69, 9.17) is 11.6 Å². The number of nitro benzene ring substituents is 1. The fourth-order valence-corrected chi connectivity index (χ4v) is 2.41. The van der Waals surface area contributed by atoms with E-state index in [0.29, 0.717) is 16.4 Å². The van der Waals surface area contributed by atoms with Crippen LogP contribution in [0.5, 0.6) is 0 Å². The second-order valence-corrected chi connectivity index (χ2v) is 5.42. The van der Waals surface area contributed by atoms with Crippen LogP contribution >= 0.6 is 22.9 Å². The average molecular weight is 284 g/mol. The van der Waals surface area contributed by atoms with Gasteiger partial charge in [-0.25, -0.2) is 4.98 Å². The van der Waals surface area contributed by atoms with Gasteiger partial charge in [0.1, 0.15) is 9.34 Å². The van der Waals surface area contributed by atoms with Gasteiger partial charge in [0.15, 0.2) is 0 Å². The molecule has 0 fully saturated rings. The third-order valence-corrected chi connectivity index (χ3v) is 3.48. The minimum absolute atomic E-state index is 0.123. The number of thiazole rings is 1. The number of aromatic nitrogens is 1. The number of nitro groups is 1. The molecule has 2 rings (SSSR count). The highest BCUT2D eigenvalue weighted by Crippen LogP contribution is 2.23. The summed E-state index contributed by atoms with van der Waals surface area (Å²) >= 11 is 7.18. The van der Waals surface area contributed by atoms with Gasteiger partial charge < -0.3 is 5.32 Å². The van der Waals surface area contributed by atoms with Crippen LogP contribution in [0.3, 0.4) is 0 Å².